The van der Waals surface area contributed by atoms with E-state index in [1.165, 1.54) is 0 Å². The number of hydrogen-bond acceptors (Lipinski definition) is 4. The Balaban J connectivity index is 2.31. The van der Waals surface area contributed by atoms with Crippen molar-refractivity contribution in [2.45, 2.75) is 18.6 Å². The van der Waals surface area contributed by atoms with Crippen LogP contribution in [0.25, 0.3) is 5.69 Å². The molecule has 0 fully saturated rings. The van der Waals surface area contributed by atoms with Crippen molar-refractivity contribution in [3.8, 4) is 5.69 Å². The fourth-order valence-electron chi connectivity index (χ4n) is 1.68. The van der Waals surface area contributed by atoms with Gasteiger partial charge in [0.15, 0.2) is 0 Å². The molecule has 0 saturated heterocycles. The maximum Gasteiger partial charge on any atom is 0.313 e. The van der Waals surface area contributed by atoms with Crippen molar-refractivity contribution in [3.05, 3.63) is 41.9 Å². The Hall–Kier alpha value is -1.79. The van der Waals surface area contributed by atoms with Crippen molar-refractivity contribution in [3.63, 3.8) is 0 Å². The number of nitrogens with zero attached hydrogens (tertiary/aromatic N) is 2. The first-order chi connectivity index (χ1) is 9.11. The van der Waals surface area contributed by atoms with Crippen LogP contribution in [0.4, 0.5) is 0 Å². The molecule has 19 heavy (non-hydrogen) atoms. The fraction of sp³-hybridized carbons (Fsp3) is 0.231. The lowest BCUT2D eigenvalue weighted by Crippen LogP contribution is -2.02. The summed E-state index contributed by atoms with van der Waals surface area (Å²) in [5, 5.41) is 18.7. The van der Waals surface area contributed by atoms with Gasteiger partial charge < -0.3 is 10.2 Å². The summed E-state index contributed by atoms with van der Waals surface area (Å²) in [6.07, 6.45) is 1.60. The number of aryl methyl sites for hydroxylation is 1. The maximum atomic E-state index is 10.6. The molecule has 1 heterocycles. The SMILES string of the molecule is Cc1ccc(-n2cnc(SCC(=O)O)c2CO)cc1. The molecule has 0 amide bonds. The van der Waals surface area contributed by atoms with E-state index in [4.69, 9.17) is 5.11 Å². The van der Waals surface area contributed by atoms with E-state index in [0.29, 0.717) is 10.7 Å². The zero-order valence-corrected chi connectivity index (χ0v) is 11.2. The number of carbonyl (C=O) groups is 1. The van der Waals surface area contributed by atoms with Gasteiger partial charge in [0.1, 0.15) is 11.4 Å². The predicted octanol–water partition coefficient (Wildman–Crippen LogP) is 1.85. The molecule has 0 radical (unpaired) electrons. The van der Waals surface area contributed by atoms with Crippen molar-refractivity contribution in [1.29, 1.82) is 0 Å². The Morgan fingerprint density at radius 2 is 2.05 bits per heavy atom. The summed E-state index contributed by atoms with van der Waals surface area (Å²) in [5.74, 6) is -0.975. The summed E-state index contributed by atoms with van der Waals surface area (Å²) in [7, 11) is 0. The summed E-state index contributed by atoms with van der Waals surface area (Å²) in [5.41, 5.74) is 2.65. The average Bonchev–Trinajstić information content (AvgIpc) is 2.80. The first-order valence-electron chi connectivity index (χ1n) is 5.70. The van der Waals surface area contributed by atoms with Crippen LogP contribution in [-0.2, 0) is 11.4 Å². The molecule has 0 aliphatic rings. The number of carboxylic acids is 1. The number of aromatic nitrogens is 2. The van der Waals surface area contributed by atoms with Crippen LogP contribution < -0.4 is 0 Å². The van der Waals surface area contributed by atoms with E-state index in [1.807, 2.05) is 31.2 Å². The number of aliphatic carboxylic acids is 1. The molecule has 2 N–H and O–H groups in total. The molecule has 0 spiro atoms. The molecule has 1 aromatic carbocycles. The van der Waals surface area contributed by atoms with E-state index >= 15 is 0 Å². The number of rotatable bonds is 5. The third-order valence-corrected chi connectivity index (χ3v) is 3.63. The third kappa shape index (κ3) is 3.15. The highest BCUT2D eigenvalue weighted by Crippen LogP contribution is 2.24. The Morgan fingerprint density at radius 3 is 2.63 bits per heavy atom. The van der Waals surface area contributed by atoms with Crippen molar-refractivity contribution < 1.29 is 15.0 Å². The number of thioether (sulfide) groups is 1. The molecule has 2 aromatic rings. The van der Waals surface area contributed by atoms with Gasteiger partial charge in [0, 0.05) is 5.69 Å². The van der Waals surface area contributed by atoms with E-state index < -0.39 is 5.97 Å². The van der Waals surface area contributed by atoms with Crippen LogP contribution in [0.5, 0.6) is 0 Å². The lowest BCUT2D eigenvalue weighted by atomic mass is 10.2. The molecule has 100 valence electrons. The van der Waals surface area contributed by atoms with Gasteiger partial charge in [0.25, 0.3) is 0 Å². The molecule has 0 aliphatic carbocycles. The highest BCUT2D eigenvalue weighted by Gasteiger charge is 2.13. The van der Waals surface area contributed by atoms with Gasteiger partial charge in [-0.2, -0.15) is 0 Å². The molecule has 0 unspecified atom stereocenters. The van der Waals surface area contributed by atoms with Crippen molar-refractivity contribution >= 4 is 17.7 Å². The lowest BCUT2D eigenvalue weighted by molar-refractivity contribution is -0.133. The molecule has 0 bridgehead atoms. The van der Waals surface area contributed by atoms with E-state index in [0.717, 1.165) is 23.0 Å². The predicted molar refractivity (Wildman–Crippen MR) is 72.6 cm³/mol. The Bertz CT molecular complexity index is 578. The summed E-state index contributed by atoms with van der Waals surface area (Å²) >= 11 is 1.11. The fourth-order valence-corrected chi connectivity index (χ4v) is 2.39. The lowest BCUT2D eigenvalue weighted by Gasteiger charge is -2.07. The quantitative estimate of drug-likeness (QED) is 0.816. The minimum absolute atomic E-state index is 0.0715. The number of benzene rings is 1. The standard InChI is InChI=1S/C13H14N2O3S/c1-9-2-4-10(5-3-9)15-8-14-13(11(15)6-16)19-7-12(17)18/h2-5,8,16H,6-7H2,1H3,(H,17,18). The van der Waals surface area contributed by atoms with Crippen LogP contribution in [0, 0.1) is 6.92 Å². The van der Waals surface area contributed by atoms with Gasteiger partial charge in [0.2, 0.25) is 0 Å². The topological polar surface area (TPSA) is 75.4 Å². The first kappa shape index (κ1) is 13.6. The molecule has 2 rings (SSSR count). The van der Waals surface area contributed by atoms with E-state index in [9.17, 15) is 9.90 Å². The number of aliphatic hydroxyl groups excluding tert-OH is 1. The largest absolute Gasteiger partial charge is 0.481 e. The van der Waals surface area contributed by atoms with Gasteiger partial charge in [-0.25, -0.2) is 4.98 Å². The molecule has 1 aromatic heterocycles. The monoisotopic (exact) mass is 278 g/mol. The second-order valence-electron chi connectivity index (χ2n) is 4.04. The molecule has 6 heteroatoms. The number of hydrogen-bond donors (Lipinski definition) is 2. The summed E-state index contributed by atoms with van der Waals surface area (Å²) in [6, 6.07) is 7.81. The van der Waals surface area contributed by atoms with Gasteiger partial charge in [-0.15, -0.1) is 0 Å². The maximum absolute atomic E-state index is 10.6. The van der Waals surface area contributed by atoms with Crippen molar-refractivity contribution in [2.24, 2.45) is 0 Å². The van der Waals surface area contributed by atoms with Crippen LogP contribution in [0.1, 0.15) is 11.3 Å². The smallest absolute Gasteiger partial charge is 0.313 e. The molecule has 0 aliphatic heterocycles. The Labute approximate surface area is 114 Å². The minimum Gasteiger partial charge on any atom is -0.481 e. The normalized spacial score (nSPS) is 10.6. The number of carboxylic acid groups (broad SMARTS) is 1. The van der Waals surface area contributed by atoms with Gasteiger partial charge in [-0.1, -0.05) is 29.5 Å². The number of imidazole rings is 1. The second-order valence-corrected chi connectivity index (χ2v) is 5.01. The van der Waals surface area contributed by atoms with Gasteiger partial charge in [-0.05, 0) is 19.1 Å². The van der Waals surface area contributed by atoms with Gasteiger partial charge >= 0.3 is 5.97 Å². The van der Waals surface area contributed by atoms with Crippen LogP contribution in [-0.4, -0.2) is 31.5 Å². The highest BCUT2D eigenvalue weighted by molar-refractivity contribution is 7.99. The van der Waals surface area contributed by atoms with Crippen LogP contribution >= 0.6 is 11.8 Å². The van der Waals surface area contributed by atoms with Gasteiger partial charge in [-0.3, -0.25) is 9.36 Å². The third-order valence-electron chi connectivity index (χ3n) is 2.62. The summed E-state index contributed by atoms with van der Waals surface area (Å²) in [6.45, 7) is 1.81. The second kappa shape index (κ2) is 5.90. The molecular formula is C13H14N2O3S. The van der Waals surface area contributed by atoms with E-state index in [-0.39, 0.29) is 12.4 Å². The molecule has 5 nitrogen and oxygen atoms in total. The first-order valence-corrected chi connectivity index (χ1v) is 6.69. The minimum atomic E-state index is -0.904. The molecule has 0 atom stereocenters. The Morgan fingerprint density at radius 1 is 1.37 bits per heavy atom. The average molecular weight is 278 g/mol. The van der Waals surface area contributed by atoms with Crippen LogP contribution in [0.2, 0.25) is 0 Å². The zero-order chi connectivity index (χ0) is 13.8. The van der Waals surface area contributed by atoms with Crippen molar-refractivity contribution in [2.75, 3.05) is 5.75 Å². The molecule has 0 saturated carbocycles. The number of aliphatic hydroxyl groups is 1. The Kier molecular flexibility index (Phi) is 4.24. The molecular weight excluding hydrogens is 264 g/mol. The zero-order valence-electron chi connectivity index (χ0n) is 10.4. The van der Waals surface area contributed by atoms with Crippen LogP contribution in [0.3, 0.4) is 0 Å². The van der Waals surface area contributed by atoms with Crippen LogP contribution in [0.15, 0.2) is 35.6 Å². The van der Waals surface area contributed by atoms with Gasteiger partial charge in [0.05, 0.1) is 18.1 Å². The summed E-state index contributed by atoms with van der Waals surface area (Å²) in [4.78, 5) is 14.7. The van der Waals surface area contributed by atoms with E-state index in [2.05, 4.69) is 4.98 Å². The van der Waals surface area contributed by atoms with Crippen molar-refractivity contribution in [1.82, 2.24) is 9.55 Å². The highest BCUT2D eigenvalue weighted by atomic mass is 32.2. The van der Waals surface area contributed by atoms with E-state index in [1.54, 1.807) is 10.9 Å². The summed E-state index contributed by atoms with van der Waals surface area (Å²) < 4.78 is 1.77.